The highest BCUT2D eigenvalue weighted by molar-refractivity contribution is 5.83. The minimum atomic E-state index is -0.484. The number of carbonyl (C=O) groups excluding carboxylic acids is 2. The van der Waals surface area contributed by atoms with Gasteiger partial charge in [0, 0.05) is 13.0 Å². The fourth-order valence-electron chi connectivity index (χ4n) is 2.26. The van der Waals surface area contributed by atoms with Gasteiger partial charge >= 0.3 is 5.97 Å². The van der Waals surface area contributed by atoms with Crippen LogP contribution in [0.4, 0.5) is 0 Å². The van der Waals surface area contributed by atoms with Crippen LogP contribution < -0.4 is 10.6 Å². The van der Waals surface area contributed by atoms with Crippen LogP contribution in [0.15, 0.2) is 0 Å². The minimum Gasteiger partial charge on any atom is -0.460 e. The first kappa shape index (κ1) is 14.3. The van der Waals surface area contributed by atoms with Crippen LogP contribution in [0.2, 0.25) is 0 Å². The number of amides is 1. The minimum absolute atomic E-state index is 0.0546. The van der Waals surface area contributed by atoms with Gasteiger partial charge in [0.2, 0.25) is 5.91 Å². The monoisotopic (exact) mass is 270 g/mol. The molecule has 1 amide bonds. The molecule has 1 atom stereocenters. The third-order valence-corrected chi connectivity index (χ3v) is 3.21. The van der Waals surface area contributed by atoms with Gasteiger partial charge in [-0.05, 0) is 27.2 Å². The first-order valence-electron chi connectivity index (χ1n) is 6.65. The van der Waals surface area contributed by atoms with Crippen molar-refractivity contribution in [2.45, 2.75) is 50.8 Å². The number of esters is 1. The summed E-state index contributed by atoms with van der Waals surface area (Å²) < 4.78 is 10.4. The van der Waals surface area contributed by atoms with Crippen LogP contribution >= 0.6 is 0 Å². The summed E-state index contributed by atoms with van der Waals surface area (Å²) in [5, 5.41) is 6.15. The molecule has 0 saturated carbocycles. The number of hydrogen-bond acceptors (Lipinski definition) is 5. The van der Waals surface area contributed by atoms with Gasteiger partial charge in [-0.15, -0.1) is 0 Å². The first-order valence-corrected chi connectivity index (χ1v) is 6.65. The molecule has 2 rings (SSSR count). The standard InChI is InChI=1S/C13H22N2O4/c1-12(2,3)19-10(16)5-4-9-11(17)14-6-13(15-9)7-18-8-13/h9,15H,4-8H2,1-3H3,(H,14,17)/t9-/m1/s1. The Bertz CT molecular complexity index is 371. The topological polar surface area (TPSA) is 76.7 Å². The van der Waals surface area contributed by atoms with Crippen LogP contribution in [0, 0.1) is 0 Å². The predicted octanol–water partition coefficient (Wildman–Crippen LogP) is -0.0347. The predicted molar refractivity (Wildman–Crippen MR) is 68.6 cm³/mol. The molecule has 0 unspecified atom stereocenters. The van der Waals surface area contributed by atoms with Crippen LogP contribution in [0.1, 0.15) is 33.6 Å². The average Bonchev–Trinajstić information content (AvgIpc) is 2.23. The summed E-state index contributed by atoms with van der Waals surface area (Å²) in [5.41, 5.74) is -0.616. The molecule has 2 fully saturated rings. The maximum atomic E-state index is 11.8. The van der Waals surface area contributed by atoms with E-state index in [4.69, 9.17) is 9.47 Å². The van der Waals surface area contributed by atoms with Gasteiger partial charge in [-0.3, -0.25) is 14.9 Å². The number of ether oxygens (including phenoxy) is 2. The van der Waals surface area contributed by atoms with Gasteiger partial charge < -0.3 is 14.8 Å². The van der Waals surface area contributed by atoms with E-state index >= 15 is 0 Å². The zero-order valence-electron chi connectivity index (χ0n) is 11.7. The Balaban J connectivity index is 1.81. The Morgan fingerprint density at radius 3 is 2.68 bits per heavy atom. The zero-order chi connectivity index (χ0) is 14.1. The molecular formula is C13H22N2O4. The third kappa shape index (κ3) is 3.67. The molecule has 2 saturated heterocycles. The molecule has 6 heteroatoms. The van der Waals surface area contributed by atoms with Crippen molar-refractivity contribution < 1.29 is 19.1 Å². The maximum absolute atomic E-state index is 11.8. The summed E-state index contributed by atoms with van der Waals surface area (Å²) in [4.78, 5) is 23.4. The Morgan fingerprint density at radius 2 is 2.16 bits per heavy atom. The molecule has 0 aromatic heterocycles. The van der Waals surface area contributed by atoms with Gasteiger partial charge in [-0.25, -0.2) is 0 Å². The Morgan fingerprint density at radius 1 is 1.47 bits per heavy atom. The third-order valence-electron chi connectivity index (χ3n) is 3.21. The molecule has 108 valence electrons. The van der Waals surface area contributed by atoms with Crippen LogP contribution in [0.5, 0.6) is 0 Å². The fourth-order valence-corrected chi connectivity index (χ4v) is 2.26. The molecule has 2 heterocycles. The lowest BCUT2D eigenvalue weighted by Gasteiger charge is -2.47. The molecule has 2 aliphatic rings. The van der Waals surface area contributed by atoms with Gasteiger partial charge in [-0.1, -0.05) is 0 Å². The molecule has 0 aromatic carbocycles. The highest BCUT2D eigenvalue weighted by Crippen LogP contribution is 2.21. The molecule has 0 aliphatic carbocycles. The molecule has 0 aromatic rings. The smallest absolute Gasteiger partial charge is 0.306 e. The van der Waals surface area contributed by atoms with Crippen molar-refractivity contribution in [1.82, 2.24) is 10.6 Å². The summed E-state index contributed by atoms with van der Waals surface area (Å²) in [6, 6.07) is -0.342. The van der Waals surface area contributed by atoms with Gasteiger partial charge in [-0.2, -0.15) is 0 Å². The maximum Gasteiger partial charge on any atom is 0.306 e. The van der Waals surface area contributed by atoms with Crippen molar-refractivity contribution >= 4 is 11.9 Å². The van der Waals surface area contributed by atoms with E-state index in [2.05, 4.69) is 10.6 Å². The van der Waals surface area contributed by atoms with Gasteiger partial charge in [0.1, 0.15) is 5.60 Å². The summed E-state index contributed by atoms with van der Waals surface area (Å²) in [6.07, 6.45) is 0.682. The van der Waals surface area contributed by atoms with E-state index in [1.165, 1.54) is 0 Å². The lowest BCUT2D eigenvalue weighted by molar-refractivity contribution is -0.155. The Hall–Kier alpha value is -1.14. The second kappa shape index (κ2) is 5.09. The normalized spacial score (nSPS) is 25.6. The summed E-state index contributed by atoms with van der Waals surface area (Å²) in [5.74, 6) is -0.326. The highest BCUT2D eigenvalue weighted by Gasteiger charge is 2.45. The Labute approximate surface area is 113 Å². The van der Waals surface area contributed by atoms with Gasteiger partial charge in [0.15, 0.2) is 0 Å². The first-order chi connectivity index (χ1) is 8.80. The van der Waals surface area contributed by atoms with Crippen LogP contribution in [-0.2, 0) is 19.1 Å². The molecule has 19 heavy (non-hydrogen) atoms. The molecule has 0 radical (unpaired) electrons. The van der Waals surface area contributed by atoms with Crippen molar-refractivity contribution in [3.8, 4) is 0 Å². The quantitative estimate of drug-likeness (QED) is 0.704. The van der Waals surface area contributed by atoms with Crippen molar-refractivity contribution in [2.75, 3.05) is 19.8 Å². The molecule has 0 bridgehead atoms. The van der Waals surface area contributed by atoms with E-state index in [0.29, 0.717) is 26.2 Å². The van der Waals surface area contributed by atoms with E-state index in [1.807, 2.05) is 20.8 Å². The van der Waals surface area contributed by atoms with E-state index in [9.17, 15) is 9.59 Å². The zero-order valence-corrected chi connectivity index (χ0v) is 11.7. The molecule has 2 aliphatic heterocycles. The summed E-state index contributed by atoms with van der Waals surface area (Å²) >= 11 is 0. The lowest BCUT2D eigenvalue weighted by Crippen LogP contribution is -2.74. The average molecular weight is 270 g/mol. The van der Waals surface area contributed by atoms with Crippen molar-refractivity contribution in [1.29, 1.82) is 0 Å². The number of carbonyl (C=O) groups is 2. The SMILES string of the molecule is CC(C)(C)OC(=O)CC[C@H]1NC2(CNC1=O)COC2. The van der Waals surface area contributed by atoms with E-state index < -0.39 is 5.60 Å². The number of rotatable bonds is 3. The summed E-state index contributed by atoms with van der Waals surface area (Å²) in [6.45, 7) is 7.30. The largest absolute Gasteiger partial charge is 0.460 e. The van der Waals surface area contributed by atoms with E-state index in [-0.39, 0.29) is 29.9 Å². The number of nitrogens with one attached hydrogen (secondary N) is 2. The van der Waals surface area contributed by atoms with Crippen LogP contribution in [-0.4, -0.2) is 48.8 Å². The molecule has 1 spiro atoms. The van der Waals surface area contributed by atoms with E-state index in [0.717, 1.165) is 0 Å². The van der Waals surface area contributed by atoms with E-state index in [1.54, 1.807) is 0 Å². The van der Waals surface area contributed by atoms with Crippen molar-refractivity contribution in [3.05, 3.63) is 0 Å². The van der Waals surface area contributed by atoms with Crippen molar-refractivity contribution in [3.63, 3.8) is 0 Å². The van der Waals surface area contributed by atoms with Crippen molar-refractivity contribution in [2.24, 2.45) is 0 Å². The second-order valence-corrected chi connectivity index (χ2v) is 6.31. The molecule has 6 nitrogen and oxygen atoms in total. The molecular weight excluding hydrogens is 248 g/mol. The number of piperazine rings is 1. The second-order valence-electron chi connectivity index (χ2n) is 6.31. The lowest BCUT2D eigenvalue weighted by atomic mass is 9.91. The Kier molecular flexibility index (Phi) is 3.82. The van der Waals surface area contributed by atoms with Gasteiger partial charge in [0.05, 0.1) is 24.8 Å². The summed E-state index contributed by atoms with van der Waals surface area (Å²) in [7, 11) is 0. The van der Waals surface area contributed by atoms with Crippen LogP contribution in [0.25, 0.3) is 0 Å². The fraction of sp³-hybridized carbons (Fsp3) is 0.846. The van der Waals surface area contributed by atoms with Gasteiger partial charge in [0.25, 0.3) is 0 Å². The van der Waals surface area contributed by atoms with Crippen LogP contribution in [0.3, 0.4) is 0 Å². The highest BCUT2D eigenvalue weighted by atomic mass is 16.6. The number of hydrogen-bond donors (Lipinski definition) is 2. The molecule has 2 N–H and O–H groups in total.